The summed E-state index contributed by atoms with van der Waals surface area (Å²) >= 11 is 0. The summed E-state index contributed by atoms with van der Waals surface area (Å²) < 4.78 is 6.10. The summed E-state index contributed by atoms with van der Waals surface area (Å²) in [6.45, 7) is 13.2. The van der Waals surface area contributed by atoms with Crippen LogP contribution in [0, 0.1) is 0 Å². The van der Waals surface area contributed by atoms with Crippen molar-refractivity contribution in [1.82, 2.24) is 0 Å². The predicted octanol–water partition coefficient (Wildman–Crippen LogP) is 5.10. The van der Waals surface area contributed by atoms with Crippen molar-refractivity contribution < 1.29 is 9.22 Å². The molecular formula is C16H32O2Si. The van der Waals surface area contributed by atoms with Gasteiger partial charge in [-0.15, -0.1) is 0 Å². The van der Waals surface area contributed by atoms with Gasteiger partial charge < -0.3 is 9.22 Å². The highest BCUT2D eigenvalue weighted by atomic mass is 28.4. The van der Waals surface area contributed by atoms with Crippen LogP contribution in [0.1, 0.15) is 59.8 Å². The van der Waals surface area contributed by atoms with E-state index in [2.05, 4.69) is 52.9 Å². The molecule has 0 aliphatic carbocycles. The fourth-order valence-corrected chi connectivity index (χ4v) is 2.81. The maximum Gasteiger partial charge on any atom is 0.193 e. The van der Waals surface area contributed by atoms with Crippen molar-refractivity contribution in [2.24, 2.45) is 0 Å². The Balaban J connectivity index is 4.19. The second-order valence-corrected chi connectivity index (χ2v) is 11.5. The second-order valence-electron chi connectivity index (χ2n) is 6.76. The van der Waals surface area contributed by atoms with Crippen LogP contribution in [0.5, 0.6) is 0 Å². The van der Waals surface area contributed by atoms with Crippen LogP contribution in [0.15, 0.2) is 12.2 Å². The Labute approximate surface area is 120 Å². The van der Waals surface area contributed by atoms with E-state index in [-0.39, 0.29) is 11.1 Å². The number of aldehydes is 1. The largest absolute Gasteiger partial charge is 0.407 e. The fourth-order valence-electron chi connectivity index (χ4n) is 1.55. The van der Waals surface area contributed by atoms with Crippen LogP contribution in [-0.2, 0) is 9.22 Å². The lowest BCUT2D eigenvalue weighted by molar-refractivity contribution is -0.114. The Morgan fingerprint density at radius 1 is 1.16 bits per heavy atom. The van der Waals surface area contributed by atoms with E-state index in [1.165, 1.54) is 19.3 Å². The standard InChI is InChI=1S/C16H32O2Si/c1-7-8-9-10-11-12-13-15(14-17)18-19(5,6)16(2,3)4/h11-12,14-15H,7-10,13H2,1-6H3/b12-11-/t15-/m1/s1. The van der Waals surface area contributed by atoms with E-state index in [1.54, 1.807) is 0 Å². The van der Waals surface area contributed by atoms with Gasteiger partial charge in [0.1, 0.15) is 12.4 Å². The lowest BCUT2D eigenvalue weighted by Gasteiger charge is -2.37. The van der Waals surface area contributed by atoms with Crippen LogP contribution < -0.4 is 0 Å². The van der Waals surface area contributed by atoms with Gasteiger partial charge in [-0.3, -0.25) is 0 Å². The second kappa shape index (κ2) is 8.70. The van der Waals surface area contributed by atoms with E-state index in [4.69, 9.17) is 4.43 Å². The van der Waals surface area contributed by atoms with Gasteiger partial charge in [0.05, 0.1) is 0 Å². The highest BCUT2D eigenvalue weighted by molar-refractivity contribution is 6.74. The molecule has 0 saturated carbocycles. The Hall–Kier alpha value is -0.413. The maximum atomic E-state index is 11.1. The molecule has 112 valence electrons. The number of rotatable bonds is 9. The van der Waals surface area contributed by atoms with E-state index < -0.39 is 8.32 Å². The molecule has 0 N–H and O–H groups in total. The molecule has 3 heteroatoms. The van der Waals surface area contributed by atoms with Crippen molar-refractivity contribution in [1.29, 1.82) is 0 Å². The first-order valence-corrected chi connectivity index (χ1v) is 10.4. The highest BCUT2D eigenvalue weighted by Crippen LogP contribution is 2.37. The van der Waals surface area contributed by atoms with E-state index in [1.807, 2.05) is 0 Å². The normalized spacial score (nSPS) is 14.8. The van der Waals surface area contributed by atoms with Crippen LogP contribution in [0.4, 0.5) is 0 Å². The van der Waals surface area contributed by atoms with Gasteiger partial charge in [-0.25, -0.2) is 0 Å². The van der Waals surface area contributed by atoms with Gasteiger partial charge in [-0.05, 0) is 37.4 Å². The third-order valence-corrected chi connectivity index (χ3v) is 8.42. The molecule has 1 atom stereocenters. The molecule has 0 aromatic rings. The fraction of sp³-hybridized carbons (Fsp3) is 0.812. The minimum absolute atomic E-state index is 0.152. The van der Waals surface area contributed by atoms with Gasteiger partial charge in [0.15, 0.2) is 8.32 Å². The van der Waals surface area contributed by atoms with Crippen LogP contribution in [-0.4, -0.2) is 20.7 Å². The van der Waals surface area contributed by atoms with Crippen molar-refractivity contribution in [3.05, 3.63) is 12.2 Å². The average molecular weight is 285 g/mol. The molecule has 0 unspecified atom stereocenters. The first kappa shape index (κ1) is 18.6. The van der Waals surface area contributed by atoms with Gasteiger partial charge in [-0.1, -0.05) is 52.7 Å². The van der Waals surface area contributed by atoms with E-state index >= 15 is 0 Å². The molecule has 0 aromatic heterocycles. The molecule has 0 amide bonds. The zero-order valence-corrected chi connectivity index (χ0v) is 14.7. The molecule has 0 aliphatic rings. The number of hydrogen-bond donors (Lipinski definition) is 0. The number of hydrogen-bond acceptors (Lipinski definition) is 2. The SMILES string of the molecule is CCCCC/C=C\C[C@H](C=O)O[Si](C)(C)C(C)(C)C. The Morgan fingerprint density at radius 2 is 1.79 bits per heavy atom. The molecule has 0 spiro atoms. The highest BCUT2D eigenvalue weighted by Gasteiger charge is 2.38. The number of carbonyl (C=O) groups is 1. The van der Waals surface area contributed by atoms with Gasteiger partial charge in [-0.2, -0.15) is 0 Å². The third-order valence-electron chi connectivity index (χ3n) is 3.91. The molecule has 0 aromatic carbocycles. The van der Waals surface area contributed by atoms with Crippen LogP contribution in [0.2, 0.25) is 18.1 Å². The quantitative estimate of drug-likeness (QED) is 0.255. The minimum Gasteiger partial charge on any atom is -0.407 e. The molecule has 0 heterocycles. The monoisotopic (exact) mass is 284 g/mol. The van der Waals surface area contributed by atoms with Crippen molar-refractivity contribution in [3.8, 4) is 0 Å². The summed E-state index contributed by atoms with van der Waals surface area (Å²) in [5.41, 5.74) is 0. The van der Waals surface area contributed by atoms with Crippen molar-refractivity contribution in [3.63, 3.8) is 0 Å². The Morgan fingerprint density at radius 3 is 2.26 bits per heavy atom. The Kier molecular flexibility index (Phi) is 8.51. The Bertz CT molecular complexity index is 277. The molecule has 2 nitrogen and oxygen atoms in total. The minimum atomic E-state index is -1.84. The molecule has 0 aliphatic heterocycles. The third kappa shape index (κ3) is 7.68. The van der Waals surface area contributed by atoms with Crippen LogP contribution in [0.3, 0.4) is 0 Å². The van der Waals surface area contributed by atoms with Crippen molar-refractivity contribution >= 4 is 14.6 Å². The average Bonchev–Trinajstić information content (AvgIpc) is 2.30. The van der Waals surface area contributed by atoms with E-state index in [9.17, 15) is 4.79 Å². The lowest BCUT2D eigenvalue weighted by Crippen LogP contribution is -2.44. The first-order valence-electron chi connectivity index (χ1n) is 7.52. The van der Waals surface area contributed by atoms with Crippen molar-refractivity contribution in [2.45, 2.75) is 84.0 Å². The predicted molar refractivity (Wildman–Crippen MR) is 86.0 cm³/mol. The van der Waals surface area contributed by atoms with Crippen LogP contribution in [0.25, 0.3) is 0 Å². The molecule has 0 saturated heterocycles. The van der Waals surface area contributed by atoms with Crippen LogP contribution >= 0.6 is 0 Å². The zero-order chi connectivity index (χ0) is 14.9. The summed E-state index contributed by atoms with van der Waals surface area (Å²) in [5, 5.41) is 0.152. The van der Waals surface area contributed by atoms with Gasteiger partial charge in [0.25, 0.3) is 0 Å². The first-order chi connectivity index (χ1) is 8.74. The van der Waals surface area contributed by atoms with Gasteiger partial charge in [0.2, 0.25) is 0 Å². The number of allylic oxidation sites excluding steroid dienone is 1. The summed E-state index contributed by atoms with van der Waals surface area (Å²) in [6, 6.07) is 0. The number of carbonyl (C=O) groups excluding carboxylic acids is 1. The molecule has 0 bridgehead atoms. The van der Waals surface area contributed by atoms with Gasteiger partial charge >= 0.3 is 0 Å². The zero-order valence-electron chi connectivity index (χ0n) is 13.7. The smallest absolute Gasteiger partial charge is 0.193 e. The number of unbranched alkanes of at least 4 members (excludes halogenated alkanes) is 3. The van der Waals surface area contributed by atoms with Gasteiger partial charge in [0, 0.05) is 0 Å². The summed E-state index contributed by atoms with van der Waals surface area (Å²) in [6.07, 6.45) is 10.5. The summed E-state index contributed by atoms with van der Waals surface area (Å²) in [5.74, 6) is 0. The van der Waals surface area contributed by atoms with E-state index in [0.29, 0.717) is 6.42 Å². The molecular weight excluding hydrogens is 252 g/mol. The molecule has 0 radical (unpaired) electrons. The maximum absolute atomic E-state index is 11.1. The molecule has 0 rings (SSSR count). The topological polar surface area (TPSA) is 26.3 Å². The summed E-state index contributed by atoms with van der Waals surface area (Å²) in [4.78, 5) is 11.1. The van der Waals surface area contributed by atoms with E-state index in [0.717, 1.165) is 12.7 Å². The summed E-state index contributed by atoms with van der Waals surface area (Å²) in [7, 11) is -1.84. The molecule has 19 heavy (non-hydrogen) atoms. The van der Waals surface area contributed by atoms with Crippen molar-refractivity contribution in [2.75, 3.05) is 0 Å². The molecule has 0 fully saturated rings. The lowest BCUT2D eigenvalue weighted by atomic mass is 10.2.